The molecule has 2 aliphatic rings. The minimum atomic E-state index is -0.440. The number of hydrogen-bond donors (Lipinski definition) is 0. The number of halogens is 1. The molecule has 6 aromatic rings. The Morgan fingerprint density at radius 2 is 1.30 bits per heavy atom. The maximum atomic E-state index is 14.0. The molecule has 57 heavy (non-hydrogen) atoms. The molecule has 0 radical (unpaired) electrons. The molecule has 0 amide bonds. The highest BCUT2D eigenvalue weighted by atomic mass is 32.2. The summed E-state index contributed by atoms with van der Waals surface area (Å²) in [4.78, 5) is 4.79. The largest absolute Gasteiger partial charge is 0.262 e. The first-order valence-electron chi connectivity index (χ1n) is 20.0. The van der Waals surface area contributed by atoms with Crippen molar-refractivity contribution >= 4 is 29.1 Å². The van der Waals surface area contributed by atoms with Crippen molar-refractivity contribution in [1.29, 1.82) is 0 Å². The number of nitrogens with zero attached hydrogens (tertiary/aromatic N) is 1. The topological polar surface area (TPSA) is 12.4 Å². The molecule has 286 valence electrons. The molecule has 0 aliphatic heterocycles. The second-order valence-electron chi connectivity index (χ2n) is 14.1. The molecule has 0 N–H and O–H groups in total. The summed E-state index contributed by atoms with van der Waals surface area (Å²) in [6.45, 7) is 16.1. The van der Waals surface area contributed by atoms with E-state index in [-0.39, 0.29) is 0 Å². The van der Waals surface area contributed by atoms with Crippen molar-refractivity contribution < 1.29 is 3.89 Å². The van der Waals surface area contributed by atoms with E-state index in [1.807, 2.05) is 39.0 Å². The standard InChI is InChI=1S/C36H25FS.C16H21N.C2H6/c1-24-22-23-27(28-18-11-21-33(38-37)34(24)28)29-17-10-20-32-35(29)30-16-8-9-19-31(30)36(32,25-12-4-2-5-13-25)26-14-6-3-7-15-26;1-5-15(12-11-14(4)17-6-2)16-10-8-7-9-13(16)3;1-2/h2-23H,1H3;5-13,16H,4H2,1-3H3;1-2H3/b;12-11-,15-5+,17-6?;. The molecule has 8 rings (SSSR count). The van der Waals surface area contributed by atoms with E-state index in [0.29, 0.717) is 28.9 Å². The third kappa shape index (κ3) is 7.95. The number of aryl methyl sites for hydroxylation is 1. The summed E-state index contributed by atoms with van der Waals surface area (Å²) in [5.74, 6) is 0.999. The van der Waals surface area contributed by atoms with Gasteiger partial charge in [-0.05, 0) is 99.9 Å². The molecule has 2 unspecified atom stereocenters. The Balaban J connectivity index is 0.000000244. The molecule has 2 aliphatic carbocycles. The molecule has 0 aromatic heterocycles. The summed E-state index contributed by atoms with van der Waals surface area (Å²) in [5, 5.41) is 2.06. The van der Waals surface area contributed by atoms with Gasteiger partial charge >= 0.3 is 0 Å². The molecule has 0 fully saturated rings. The maximum absolute atomic E-state index is 14.0. The Morgan fingerprint density at radius 3 is 1.95 bits per heavy atom. The summed E-state index contributed by atoms with van der Waals surface area (Å²) in [7, 11) is 0. The Labute approximate surface area is 344 Å². The summed E-state index contributed by atoms with van der Waals surface area (Å²) < 4.78 is 14.0. The smallest absolute Gasteiger partial charge is 0.0818 e. The Kier molecular flexibility index (Phi) is 13.6. The first-order valence-corrected chi connectivity index (χ1v) is 20.7. The normalized spacial score (nSPS) is 16.4. The maximum Gasteiger partial charge on any atom is 0.0818 e. The summed E-state index contributed by atoms with van der Waals surface area (Å²) in [6, 6.07) is 47.5. The van der Waals surface area contributed by atoms with Crippen molar-refractivity contribution in [1.82, 2.24) is 0 Å². The van der Waals surface area contributed by atoms with E-state index < -0.39 is 5.41 Å². The number of rotatable bonds is 8. The van der Waals surface area contributed by atoms with Gasteiger partial charge < -0.3 is 0 Å². The third-order valence-corrected chi connectivity index (χ3v) is 11.5. The molecule has 0 heterocycles. The van der Waals surface area contributed by atoms with Crippen LogP contribution in [0.15, 0.2) is 204 Å². The first kappa shape index (κ1) is 40.9. The number of hydrogen-bond acceptors (Lipinski definition) is 2. The fraction of sp³-hybridized carbons (Fsp3) is 0.167. The Bertz CT molecular complexity index is 2450. The van der Waals surface area contributed by atoms with Crippen molar-refractivity contribution in [3.8, 4) is 22.3 Å². The average molecular weight is 766 g/mol. The van der Waals surface area contributed by atoms with Crippen LogP contribution >= 0.6 is 12.1 Å². The van der Waals surface area contributed by atoms with Gasteiger partial charge in [-0.2, -0.15) is 3.89 Å². The van der Waals surface area contributed by atoms with Gasteiger partial charge in [-0.15, -0.1) is 0 Å². The lowest BCUT2D eigenvalue weighted by Crippen LogP contribution is -2.28. The molecule has 3 heteroatoms. The molecule has 0 saturated heterocycles. The average Bonchev–Trinajstić information content (AvgIpc) is 3.57. The van der Waals surface area contributed by atoms with E-state index in [1.165, 1.54) is 44.5 Å². The van der Waals surface area contributed by atoms with E-state index in [0.717, 1.165) is 27.6 Å². The highest BCUT2D eigenvalue weighted by Gasteiger charge is 2.46. The van der Waals surface area contributed by atoms with E-state index >= 15 is 0 Å². The van der Waals surface area contributed by atoms with Crippen LogP contribution in [0.3, 0.4) is 0 Å². The minimum absolute atomic E-state index is 0.325. The van der Waals surface area contributed by atoms with Gasteiger partial charge in [0.2, 0.25) is 0 Å². The van der Waals surface area contributed by atoms with Crippen LogP contribution in [0.4, 0.5) is 3.89 Å². The number of fused-ring (bicyclic) bond motifs is 4. The molecular weight excluding hydrogens is 714 g/mol. The SMILES string of the molecule is C=C(/C=C\C(=C/C)C1C=CC=CC1C)N=CC.CC.Cc1ccc(-c2cccc3c2-c2ccccc2C3(c2ccccc2)c2ccccc2)c2cccc(SF)c12. The van der Waals surface area contributed by atoms with Crippen LogP contribution in [0, 0.1) is 18.8 Å². The van der Waals surface area contributed by atoms with E-state index in [4.69, 9.17) is 0 Å². The number of aliphatic imine (C=N–C) groups is 1. The van der Waals surface area contributed by atoms with E-state index in [1.54, 1.807) is 6.21 Å². The van der Waals surface area contributed by atoms with Gasteiger partial charge in [-0.25, -0.2) is 0 Å². The predicted octanol–water partition coefficient (Wildman–Crippen LogP) is 15.7. The van der Waals surface area contributed by atoms with E-state index in [2.05, 4.69) is 190 Å². The van der Waals surface area contributed by atoms with Crippen LogP contribution in [0.25, 0.3) is 33.0 Å². The van der Waals surface area contributed by atoms with Gasteiger partial charge in [0.05, 0.1) is 23.3 Å². The first-order chi connectivity index (χ1) is 27.9. The second kappa shape index (κ2) is 18.9. The van der Waals surface area contributed by atoms with E-state index in [9.17, 15) is 3.89 Å². The molecule has 0 spiro atoms. The van der Waals surface area contributed by atoms with Crippen molar-refractivity contribution in [2.24, 2.45) is 16.8 Å². The van der Waals surface area contributed by atoms with Gasteiger partial charge in [0, 0.05) is 22.4 Å². The Morgan fingerprint density at radius 1 is 0.684 bits per heavy atom. The van der Waals surface area contributed by atoms with Crippen molar-refractivity contribution in [2.45, 2.75) is 51.9 Å². The van der Waals surface area contributed by atoms with Gasteiger partial charge in [0.1, 0.15) is 0 Å². The van der Waals surface area contributed by atoms with Gasteiger partial charge in [-0.1, -0.05) is 191 Å². The van der Waals surface area contributed by atoms with Crippen LogP contribution in [0.1, 0.15) is 62.4 Å². The van der Waals surface area contributed by atoms with Crippen LogP contribution in [0.2, 0.25) is 0 Å². The van der Waals surface area contributed by atoms with Crippen LogP contribution in [0.5, 0.6) is 0 Å². The second-order valence-corrected chi connectivity index (χ2v) is 14.7. The van der Waals surface area contributed by atoms with Crippen LogP contribution in [-0.4, -0.2) is 6.21 Å². The summed E-state index contributed by atoms with van der Waals surface area (Å²) in [5.41, 5.74) is 12.6. The molecule has 1 nitrogen and oxygen atoms in total. The zero-order valence-electron chi connectivity index (χ0n) is 33.9. The zero-order chi connectivity index (χ0) is 40.4. The van der Waals surface area contributed by atoms with Gasteiger partial charge in [0.15, 0.2) is 0 Å². The van der Waals surface area contributed by atoms with Crippen molar-refractivity contribution in [3.05, 3.63) is 222 Å². The molecular formula is C54H52FNS. The quantitative estimate of drug-likeness (QED) is 0.111. The number of benzene rings is 6. The van der Waals surface area contributed by atoms with Gasteiger partial charge in [-0.3, -0.25) is 4.99 Å². The zero-order valence-corrected chi connectivity index (χ0v) is 34.7. The lowest BCUT2D eigenvalue weighted by atomic mass is 9.67. The third-order valence-electron chi connectivity index (χ3n) is 11.0. The predicted molar refractivity (Wildman–Crippen MR) is 247 cm³/mol. The fourth-order valence-corrected chi connectivity index (χ4v) is 8.97. The van der Waals surface area contributed by atoms with Crippen LogP contribution < -0.4 is 0 Å². The monoisotopic (exact) mass is 765 g/mol. The highest BCUT2D eigenvalue weighted by molar-refractivity contribution is 7.94. The van der Waals surface area contributed by atoms with Gasteiger partial charge in [0.25, 0.3) is 0 Å². The Hall–Kier alpha value is -5.77. The van der Waals surface area contributed by atoms with Crippen LogP contribution in [-0.2, 0) is 5.41 Å². The lowest BCUT2D eigenvalue weighted by Gasteiger charge is -2.34. The van der Waals surface area contributed by atoms with Crippen molar-refractivity contribution in [3.63, 3.8) is 0 Å². The lowest BCUT2D eigenvalue weighted by molar-refractivity contribution is 0.585. The molecule has 2 atom stereocenters. The minimum Gasteiger partial charge on any atom is -0.262 e. The summed E-state index contributed by atoms with van der Waals surface area (Å²) in [6.07, 6.45) is 16.7. The summed E-state index contributed by atoms with van der Waals surface area (Å²) >= 11 is 0.325. The molecule has 6 aromatic carbocycles. The fourth-order valence-electron chi connectivity index (χ4n) is 8.49. The molecule has 0 saturated carbocycles. The van der Waals surface area contributed by atoms with Crippen molar-refractivity contribution in [2.75, 3.05) is 0 Å². The highest BCUT2D eigenvalue weighted by Crippen LogP contribution is 2.58. The molecule has 0 bridgehead atoms. The number of allylic oxidation sites excluding steroid dienone is 8.